The maximum atomic E-state index is 6.30. The highest BCUT2D eigenvalue weighted by Crippen LogP contribution is 2.68. The summed E-state index contributed by atoms with van der Waals surface area (Å²) in [5.41, 5.74) is 1.99. The predicted molar refractivity (Wildman–Crippen MR) is 107 cm³/mol. The van der Waals surface area contributed by atoms with E-state index in [2.05, 4.69) is 32.8 Å². The first-order valence-electron chi connectivity index (χ1n) is 11.4. The van der Waals surface area contributed by atoms with Crippen molar-refractivity contribution < 1.29 is 9.47 Å². The molecule has 8 atom stereocenters. The molecule has 4 saturated carbocycles. The van der Waals surface area contributed by atoms with E-state index in [-0.39, 0.29) is 11.2 Å². The number of nitrogens with zero attached hydrogens (tertiary/aromatic N) is 1. The maximum absolute atomic E-state index is 6.30. The van der Waals surface area contributed by atoms with Gasteiger partial charge in [-0.15, -0.1) is 0 Å². The van der Waals surface area contributed by atoms with Crippen LogP contribution in [0.1, 0.15) is 72.6 Å². The van der Waals surface area contributed by atoms with Crippen LogP contribution in [0.25, 0.3) is 0 Å². The molecular weight excluding hydrogens is 336 g/mol. The lowest BCUT2D eigenvalue weighted by Crippen LogP contribution is -2.62. The van der Waals surface area contributed by atoms with Crippen molar-refractivity contribution in [3.63, 3.8) is 0 Å². The van der Waals surface area contributed by atoms with Crippen LogP contribution in [0.2, 0.25) is 0 Å². The number of ether oxygens (including phenoxy) is 2. The summed E-state index contributed by atoms with van der Waals surface area (Å²) < 4.78 is 12.6. The van der Waals surface area contributed by atoms with Gasteiger partial charge >= 0.3 is 0 Å². The molecular formula is C23H38N2O2. The number of hydrogen-bond acceptors (Lipinski definition) is 4. The first-order valence-corrected chi connectivity index (χ1v) is 11.4. The van der Waals surface area contributed by atoms with Crippen LogP contribution in [0.5, 0.6) is 0 Å². The Morgan fingerprint density at radius 1 is 0.963 bits per heavy atom. The summed E-state index contributed by atoms with van der Waals surface area (Å²) in [6.07, 6.45) is 9.01. The highest BCUT2D eigenvalue weighted by Gasteiger charge is 2.65. The Balaban J connectivity index is 1.47. The van der Waals surface area contributed by atoms with Crippen LogP contribution in [0.4, 0.5) is 0 Å². The lowest BCUT2D eigenvalue weighted by molar-refractivity contribution is -0.288. The van der Waals surface area contributed by atoms with Gasteiger partial charge < -0.3 is 15.3 Å². The zero-order valence-corrected chi connectivity index (χ0v) is 17.7. The van der Waals surface area contributed by atoms with Gasteiger partial charge in [-0.1, -0.05) is 27.7 Å². The third kappa shape index (κ3) is 2.20. The van der Waals surface area contributed by atoms with Gasteiger partial charge in [-0.2, -0.15) is 5.10 Å². The first kappa shape index (κ1) is 18.4. The molecule has 2 N–H and O–H groups in total. The van der Waals surface area contributed by atoms with Crippen molar-refractivity contribution in [2.24, 2.45) is 57.3 Å². The molecule has 0 amide bonds. The third-order valence-electron chi connectivity index (χ3n) is 10.2. The van der Waals surface area contributed by atoms with E-state index < -0.39 is 0 Å². The quantitative estimate of drug-likeness (QED) is 0.499. The molecule has 0 radical (unpaired) electrons. The molecule has 1 aliphatic heterocycles. The fraction of sp³-hybridized carbons (Fsp3) is 0.957. The summed E-state index contributed by atoms with van der Waals surface area (Å²) in [6, 6.07) is 0. The summed E-state index contributed by atoms with van der Waals surface area (Å²) in [4.78, 5) is 0. The van der Waals surface area contributed by atoms with Crippen molar-refractivity contribution >= 4 is 5.71 Å². The van der Waals surface area contributed by atoms with Crippen LogP contribution >= 0.6 is 0 Å². The van der Waals surface area contributed by atoms with Gasteiger partial charge in [0, 0.05) is 23.0 Å². The minimum Gasteiger partial charge on any atom is -0.347 e. The molecule has 4 aliphatic carbocycles. The summed E-state index contributed by atoms with van der Waals surface area (Å²) in [5.74, 6) is 9.65. The molecule has 5 rings (SSSR count). The van der Waals surface area contributed by atoms with E-state index in [1.54, 1.807) is 0 Å². The molecule has 152 valence electrons. The Morgan fingerprint density at radius 3 is 2.41 bits per heavy atom. The first-order chi connectivity index (χ1) is 12.9. The second kappa shape index (κ2) is 5.95. The SMILES string of the molecule is CC1C[C@@]2(C)C(CC[C@@H]3[C@@H]2CC[C@]2(C)/C(=N/N)CC[C@@H]32)C(C)C12OCCO2. The van der Waals surface area contributed by atoms with E-state index in [0.29, 0.717) is 17.3 Å². The summed E-state index contributed by atoms with van der Waals surface area (Å²) in [7, 11) is 0. The zero-order chi connectivity index (χ0) is 19.0. The average molecular weight is 375 g/mol. The monoisotopic (exact) mass is 374 g/mol. The summed E-state index contributed by atoms with van der Waals surface area (Å²) in [6.45, 7) is 11.4. The molecule has 0 aromatic carbocycles. The lowest BCUT2D eigenvalue weighted by atomic mass is 9.42. The minimum absolute atomic E-state index is 0.268. The molecule has 3 unspecified atom stereocenters. The highest BCUT2D eigenvalue weighted by atomic mass is 16.7. The van der Waals surface area contributed by atoms with Gasteiger partial charge in [0.1, 0.15) is 0 Å². The fourth-order valence-corrected chi connectivity index (χ4v) is 9.13. The predicted octanol–water partition coefficient (Wildman–Crippen LogP) is 4.58. The highest BCUT2D eigenvalue weighted by molar-refractivity contribution is 5.92. The molecule has 4 heteroatoms. The minimum atomic E-state index is -0.313. The number of hydrogen-bond donors (Lipinski definition) is 1. The van der Waals surface area contributed by atoms with Gasteiger partial charge in [0.15, 0.2) is 5.79 Å². The van der Waals surface area contributed by atoms with Crippen molar-refractivity contribution in [1.29, 1.82) is 0 Å². The van der Waals surface area contributed by atoms with Gasteiger partial charge in [0.25, 0.3) is 0 Å². The Bertz CT molecular complexity index is 642. The number of nitrogens with two attached hydrogens (primary N) is 1. The number of rotatable bonds is 0. The molecule has 1 heterocycles. The summed E-state index contributed by atoms with van der Waals surface area (Å²) in [5, 5.41) is 4.24. The van der Waals surface area contributed by atoms with E-state index in [4.69, 9.17) is 15.3 Å². The van der Waals surface area contributed by atoms with Gasteiger partial charge in [-0.3, -0.25) is 0 Å². The molecule has 0 bridgehead atoms. The van der Waals surface area contributed by atoms with Crippen LogP contribution in [-0.2, 0) is 9.47 Å². The van der Waals surface area contributed by atoms with E-state index >= 15 is 0 Å². The molecule has 5 aliphatic rings. The van der Waals surface area contributed by atoms with Gasteiger partial charge in [0.05, 0.1) is 13.2 Å². The second-order valence-electron chi connectivity index (χ2n) is 10.9. The van der Waals surface area contributed by atoms with Gasteiger partial charge in [-0.25, -0.2) is 0 Å². The molecule has 0 aromatic heterocycles. The molecule has 1 spiro atoms. The standard InChI is InChI=1S/C23H38N2O2/c1-14-13-22(4)17(15(2)23(14)26-11-12-27-23)6-5-16-18-7-8-20(25-24)21(18,3)10-9-19(16)22/h14-19H,5-13,24H2,1-4H3/b25-20+/t14?,15?,16-,17?,18-,19-,21-,22-/m0/s1. The second-order valence-corrected chi connectivity index (χ2v) is 10.9. The maximum Gasteiger partial charge on any atom is 0.173 e. The Kier molecular flexibility index (Phi) is 4.06. The largest absolute Gasteiger partial charge is 0.347 e. The van der Waals surface area contributed by atoms with Crippen molar-refractivity contribution in [3.8, 4) is 0 Å². The molecule has 27 heavy (non-hydrogen) atoms. The Morgan fingerprint density at radius 2 is 1.70 bits per heavy atom. The van der Waals surface area contributed by atoms with Crippen molar-refractivity contribution in [3.05, 3.63) is 0 Å². The van der Waals surface area contributed by atoms with Crippen LogP contribution in [0, 0.1) is 46.3 Å². The summed E-state index contributed by atoms with van der Waals surface area (Å²) >= 11 is 0. The zero-order valence-electron chi connectivity index (χ0n) is 17.7. The average Bonchev–Trinajstić information content (AvgIpc) is 3.25. The van der Waals surface area contributed by atoms with Crippen molar-refractivity contribution in [1.82, 2.24) is 0 Å². The fourth-order valence-electron chi connectivity index (χ4n) is 9.13. The van der Waals surface area contributed by atoms with Crippen molar-refractivity contribution in [2.45, 2.75) is 78.4 Å². The lowest BCUT2D eigenvalue weighted by Gasteiger charge is -2.64. The molecule has 0 aromatic rings. The Hall–Kier alpha value is -0.610. The van der Waals surface area contributed by atoms with Crippen LogP contribution in [0.3, 0.4) is 0 Å². The van der Waals surface area contributed by atoms with E-state index in [1.165, 1.54) is 44.2 Å². The number of hydrazone groups is 1. The van der Waals surface area contributed by atoms with Gasteiger partial charge in [-0.05, 0) is 74.0 Å². The molecule has 4 nitrogen and oxygen atoms in total. The van der Waals surface area contributed by atoms with Gasteiger partial charge in [0.2, 0.25) is 0 Å². The normalized spacial score (nSPS) is 55.3. The Labute approximate surface area is 164 Å². The van der Waals surface area contributed by atoms with E-state index in [0.717, 1.165) is 43.3 Å². The third-order valence-corrected chi connectivity index (χ3v) is 10.2. The van der Waals surface area contributed by atoms with Crippen LogP contribution in [0.15, 0.2) is 5.10 Å². The van der Waals surface area contributed by atoms with Crippen LogP contribution in [-0.4, -0.2) is 24.7 Å². The number of fused-ring (bicyclic) bond motifs is 5. The molecule has 1 saturated heterocycles. The van der Waals surface area contributed by atoms with Crippen LogP contribution < -0.4 is 5.84 Å². The van der Waals surface area contributed by atoms with Crippen molar-refractivity contribution in [2.75, 3.05) is 13.2 Å². The smallest absolute Gasteiger partial charge is 0.173 e. The molecule has 5 fully saturated rings. The van der Waals surface area contributed by atoms with E-state index in [9.17, 15) is 0 Å². The topological polar surface area (TPSA) is 56.8 Å². The van der Waals surface area contributed by atoms with E-state index in [1.807, 2.05) is 0 Å².